The van der Waals surface area contributed by atoms with E-state index in [9.17, 15) is 4.79 Å². The Balaban J connectivity index is 2.07. The van der Waals surface area contributed by atoms with E-state index in [2.05, 4.69) is 10.6 Å². The van der Waals surface area contributed by atoms with Gasteiger partial charge in [-0.05, 0) is 24.6 Å². The number of nitrogens with one attached hydrogen (secondary N) is 2. The number of anilines is 2. The Labute approximate surface area is 150 Å². The standard InChI is InChI=1S/C17H18Cl2N2O3/c1-10-4-5-11(18)6-13(10)21-17(22)9-20-14-8-15(23-2)12(19)7-16(14)24-3/h4-8,20H,9H2,1-3H3,(H,21,22). The molecule has 0 fully saturated rings. The van der Waals surface area contributed by atoms with Crippen molar-refractivity contribution in [2.75, 3.05) is 31.4 Å². The van der Waals surface area contributed by atoms with Gasteiger partial charge in [0.05, 0.1) is 31.5 Å². The molecular weight excluding hydrogens is 351 g/mol. The number of hydrogen-bond acceptors (Lipinski definition) is 4. The van der Waals surface area contributed by atoms with Crippen molar-refractivity contribution < 1.29 is 14.3 Å². The molecule has 7 heteroatoms. The number of ether oxygens (including phenoxy) is 2. The highest BCUT2D eigenvalue weighted by Crippen LogP contribution is 2.35. The second-order valence-corrected chi connectivity index (χ2v) is 5.89. The van der Waals surface area contributed by atoms with E-state index in [0.29, 0.717) is 32.9 Å². The predicted molar refractivity (Wildman–Crippen MR) is 97.9 cm³/mol. The van der Waals surface area contributed by atoms with Crippen LogP contribution in [0.2, 0.25) is 10.0 Å². The average Bonchev–Trinajstić information content (AvgIpc) is 2.56. The quantitative estimate of drug-likeness (QED) is 0.794. The van der Waals surface area contributed by atoms with E-state index >= 15 is 0 Å². The lowest BCUT2D eigenvalue weighted by molar-refractivity contribution is -0.114. The topological polar surface area (TPSA) is 59.6 Å². The van der Waals surface area contributed by atoms with E-state index in [1.54, 1.807) is 24.3 Å². The van der Waals surface area contributed by atoms with Crippen molar-refractivity contribution in [2.24, 2.45) is 0 Å². The first-order chi connectivity index (χ1) is 11.4. The van der Waals surface area contributed by atoms with Crippen LogP contribution in [0, 0.1) is 6.92 Å². The molecule has 5 nitrogen and oxygen atoms in total. The van der Waals surface area contributed by atoms with Crippen LogP contribution < -0.4 is 20.1 Å². The van der Waals surface area contributed by atoms with Crippen molar-refractivity contribution in [1.82, 2.24) is 0 Å². The van der Waals surface area contributed by atoms with Gasteiger partial charge in [-0.3, -0.25) is 4.79 Å². The molecule has 2 aromatic carbocycles. The van der Waals surface area contributed by atoms with E-state index < -0.39 is 0 Å². The van der Waals surface area contributed by atoms with Crippen molar-refractivity contribution in [1.29, 1.82) is 0 Å². The third-order valence-electron chi connectivity index (χ3n) is 3.39. The molecule has 2 N–H and O–H groups in total. The molecule has 128 valence electrons. The monoisotopic (exact) mass is 368 g/mol. The number of rotatable bonds is 6. The summed E-state index contributed by atoms with van der Waals surface area (Å²) in [5.74, 6) is 0.801. The smallest absolute Gasteiger partial charge is 0.243 e. The first-order valence-electron chi connectivity index (χ1n) is 7.16. The fourth-order valence-electron chi connectivity index (χ4n) is 2.10. The summed E-state index contributed by atoms with van der Waals surface area (Å²) in [6.07, 6.45) is 0. The molecule has 2 rings (SSSR count). The SMILES string of the molecule is COc1cc(NCC(=O)Nc2cc(Cl)ccc2C)c(OC)cc1Cl. The van der Waals surface area contributed by atoms with Gasteiger partial charge in [0, 0.05) is 22.8 Å². The number of aryl methyl sites for hydroxylation is 1. The van der Waals surface area contributed by atoms with Crippen molar-refractivity contribution in [3.05, 3.63) is 45.9 Å². The maximum absolute atomic E-state index is 12.2. The van der Waals surface area contributed by atoms with Gasteiger partial charge in [0.1, 0.15) is 11.5 Å². The van der Waals surface area contributed by atoms with Gasteiger partial charge in [0.15, 0.2) is 0 Å². The minimum atomic E-state index is -0.212. The van der Waals surface area contributed by atoms with Crippen molar-refractivity contribution in [2.45, 2.75) is 6.92 Å². The summed E-state index contributed by atoms with van der Waals surface area (Å²) in [5, 5.41) is 6.82. The maximum Gasteiger partial charge on any atom is 0.243 e. The molecule has 24 heavy (non-hydrogen) atoms. The first-order valence-corrected chi connectivity index (χ1v) is 7.91. The Morgan fingerprint density at radius 3 is 2.42 bits per heavy atom. The zero-order valence-electron chi connectivity index (χ0n) is 13.6. The van der Waals surface area contributed by atoms with Gasteiger partial charge in [0.2, 0.25) is 5.91 Å². The van der Waals surface area contributed by atoms with Crippen LogP contribution in [0.1, 0.15) is 5.56 Å². The predicted octanol–water partition coefficient (Wildman–Crippen LogP) is 4.37. The molecule has 0 aliphatic heterocycles. The molecule has 0 saturated heterocycles. The molecule has 0 spiro atoms. The van der Waals surface area contributed by atoms with Crippen LogP contribution in [-0.2, 0) is 4.79 Å². The number of carbonyl (C=O) groups is 1. The molecule has 0 unspecified atom stereocenters. The molecule has 0 atom stereocenters. The van der Waals surface area contributed by atoms with Crippen LogP contribution in [0.15, 0.2) is 30.3 Å². The number of amides is 1. The number of carbonyl (C=O) groups excluding carboxylic acids is 1. The van der Waals surface area contributed by atoms with Crippen LogP contribution in [0.5, 0.6) is 11.5 Å². The zero-order valence-corrected chi connectivity index (χ0v) is 15.1. The minimum Gasteiger partial charge on any atom is -0.495 e. The number of hydrogen-bond donors (Lipinski definition) is 2. The van der Waals surface area contributed by atoms with Crippen molar-refractivity contribution in [3.8, 4) is 11.5 Å². The Bertz CT molecular complexity index is 751. The normalized spacial score (nSPS) is 10.2. The highest BCUT2D eigenvalue weighted by atomic mass is 35.5. The largest absolute Gasteiger partial charge is 0.495 e. The highest BCUT2D eigenvalue weighted by molar-refractivity contribution is 6.32. The lowest BCUT2D eigenvalue weighted by atomic mass is 10.2. The lowest BCUT2D eigenvalue weighted by Crippen LogP contribution is -2.22. The van der Waals surface area contributed by atoms with Gasteiger partial charge in [-0.2, -0.15) is 0 Å². The van der Waals surface area contributed by atoms with Gasteiger partial charge in [-0.1, -0.05) is 29.3 Å². The van der Waals surface area contributed by atoms with Gasteiger partial charge in [-0.25, -0.2) is 0 Å². The van der Waals surface area contributed by atoms with Crippen LogP contribution in [0.25, 0.3) is 0 Å². The van der Waals surface area contributed by atoms with Gasteiger partial charge >= 0.3 is 0 Å². The second-order valence-electron chi connectivity index (χ2n) is 5.05. The molecule has 0 heterocycles. The van der Waals surface area contributed by atoms with Gasteiger partial charge < -0.3 is 20.1 Å². The molecule has 0 bridgehead atoms. The molecular formula is C17H18Cl2N2O3. The fraction of sp³-hybridized carbons (Fsp3) is 0.235. The highest BCUT2D eigenvalue weighted by Gasteiger charge is 2.11. The number of halogens is 2. The summed E-state index contributed by atoms with van der Waals surface area (Å²) in [5.41, 5.74) is 2.21. The summed E-state index contributed by atoms with van der Waals surface area (Å²) < 4.78 is 10.4. The van der Waals surface area contributed by atoms with Gasteiger partial charge in [0.25, 0.3) is 0 Å². The van der Waals surface area contributed by atoms with Crippen molar-refractivity contribution in [3.63, 3.8) is 0 Å². The van der Waals surface area contributed by atoms with Crippen molar-refractivity contribution >= 4 is 40.5 Å². The van der Waals surface area contributed by atoms with Crippen LogP contribution in [-0.4, -0.2) is 26.7 Å². The van der Waals surface area contributed by atoms with E-state index in [-0.39, 0.29) is 12.5 Å². The number of benzene rings is 2. The molecule has 0 radical (unpaired) electrons. The summed E-state index contributed by atoms with van der Waals surface area (Å²) in [4.78, 5) is 12.2. The van der Waals surface area contributed by atoms with E-state index in [1.807, 2.05) is 13.0 Å². The molecule has 0 aromatic heterocycles. The Morgan fingerprint density at radius 2 is 1.75 bits per heavy atom. The number of methoxy groups -OCH3 is 2. The van der Waals surface area contributed by atoms with E-state index in [4.69, 9.17) is 32.7 Å². The second kappa shape index (κ2) is 8.13. The maximum atomic E-state index is 12.2. The van der Waals surface area contributed by atoms with Crippen LogP contribution in [0.4, 0.5) is 11.4 Å². The third-order valence-corrected chi connectivity index (χ3v) is 3.92. The molecule has 2 aromatic rings. The van der Waals surface area contributed by atoms with E-state index in [0.717, 1.165) is 5.56 Å². The minimum absolute atomic E-state index is 0.0487. The molecule has 0 aliphatic carbocycles. The summed E-state index contributed by atoms with van der Waals surface area (Å²) in [6, 6.07) is 8.63. The summed E-state index contributed by atoms with van der Waals surface area (Å²) >= 11 is 12.0. The first kappa shape index (κ1) is 18.2. The molecule has 1 amide bonds. The van der Waals surface area contributed by atoms with E-state index in [1.165, 1.54) is 14.2 Å². The lowest BCUT2D eigenvalue weighted by Gasteiger charge is -2.14. The molecule has 0 aliphatic rings. The summed E-state index contributed by atoms with van der Waals surface area (Å²) in [6.45, 7) is 1.94. The fourth-order valence-corrected chi connectivity index (χ4v) is 2.50. The van der Waals surface area contributed by atoms with Crippen LogP contribution >= 0.6 is 23.2 Å². The Morgan fingerprint density at radius 1 is 1.04 bits per heavy atom. The van der Waals surface area contributed by atoms with Crippen LogP contribution in [0.3, 0.4) is 0 Å². The Kier molecular flexibility index (Phi) is 6.17. The third kappa shape index (κ3) is 4.46. The zero-order chi connectivity index (χ0) is 17.7. The average molecular weight is 369 g/mol. The Hall–Kier alpha value is -2.11. The van der Waals surface area contributed by atoms with Gasteiger partial charge in [-0.15, -0.1) is 0 Å². The molecule has 0 saturated carbocycles. The summed E-state index contributed by atoms with van der Waals surface area (Å²) in [7, 11) is 3.05.